The smallest absolute Gasteiger partial charge is 0.229 e. The number of fused-ring (bicyclic) bond motifs is 4. The van der Waals surface area contributed by atoms with E-state index in [1.54, 1.807) is 0 Å². The lowest BCUT2D eigenvalue weighted by molar-refractivity contribution is 0.315. The second-order valence-corrected chi connectivity index (χ2v) is 9.78. The SMILES string of the molecule is c1ccc(-c2ccc(N(c3cccc4nonc34)c3ccc(-c4nc5ccccc5o4)c4nonc34)c3nonc23)cc1. The van der Waals surface area contributed by atoms with E-state index in [-0.39, 0.29) is 0 Å². The van der Waals surface area contributed by atoms with E-state index in [1.165, 1.54) is 0 Å². The van der Waals surface area contributed by atoms with Gasteiger partial charge in [0.2, 0.25) is 5.89 Å². The fraction of sp³-hybridized carbons (Fsp3) is 0. The molecule has 12 heteroatoms. The summed E-state index contributed by atoms with van der Waals surface area (Å²) in [7, 11) is 0. The third-order valence-corrected chi connectivity index (χ3v) is 7.38. The maximum atomic E-state index is 6.06. The Hall–Kier alpha value is -6.43. The molecule has 204 valence electrons. The number of anilines is 3. The minimum atomic E-state index is 0.401. The van der Waals surface area contributed by atoms with Gasteiger partial charge in [0.05, 0.1) is 22.6 Å². The molecule has 4 heterocycles. The molecule has 0 saturated carbocycles. The molecule has 0 aliphatic carbocycles. The van der Waals surface area contributed by atoms with Crippen molar-refractivity contribution in [3.63, 3.8) is 0 Å². The summed E-state index contributed by atoms with van der Waals surface area (Å²) in [5.41, 5.74) is 9.00. The fourth-order valence-corrected chi connectivity index (χ4v) is 5.44. The minimum absolute atomic E-state index is 0.401. The van der Waals surface area contributed by atoms with Gasteiger partial charge in [-0.1, -0.05) is 48.5 Å². The molecule has 0 atom stereocenters. The first-order valence-electron chi connectivity index (χ1n) is 13.3. The van der Waals surface area contributed by atoms with Crippen molar-refractivity contribution >= 4 is 61.3 Å². The summed E-state index contributed by atoms with van der Waals surface area (Å²) in [5.74, 6) is 0.401. The van der Waals surface area contributed by atoms with E-state index in [0.29, 0.717) is 67.2 Å². The van der Waals surface area contributed by atoms with Crippen molar-refractivity contribution in [2.75, 3.05) is 4.90 Å². The van der Waals surface area contributed by atoms with E-state index >= 15 is 0 Å². The van der Waals surface area contributed by atoms with E-state index in [0.717, 1.165) is 16.6 Å². The van der Waals surface area contributed by atoms with Crippen molar-refractivity contribution in [2.24, 2.45) is 0 Å². The highest BCUT2D eigenvalue weighted by Gasteiger charge is 2.27. The van der Waals surface area contributed by atoms with Gasteiger partial charge in [0.1, 0.15) is 22.1 Å². The van der Waals surface area contributed by atoms with Crippen molar-refractivity contribution in [1.82, 2.24) is 35.9 Å². The van der Waals surface area contributed by atoms with Crippen LogP contribution in [0.1, 0.15) is 0 Å². The van der Waals surface area contributed by atoms with Crippen LogP contribution in [-0.2, 0) is 0 Å². The van der Waals surface area contributed by atoms with Crippen LogP contribution in [0.2, 0.25) is 0 Å². The molecule has 0 amide bonds. The van der Waals surface area contributed by atoms with E-state index in [1.807, 2.05) is 102 Å². The number of aromatic nitrogens is 7. The van der Waals surface area contributed by atoms with Gasteiger partial charge in [-0.2, -0.15) is 0 Å². The van der Waals surface area contributed by atoms with Crippen LogP contribution in [0, 0.1) is 0 Å². The molecule has 4 aromatic heterocycles. The first kappa shape index (κ1) is 23.3. The number of hydrogen-bond acceptors (Lipinski definition) is 12. The Labute approximate surface area is 240 Å². The largest absolute Gasteiger partial charge is 0.436 e. The second-order valence-electron chi connectivity index (χ2n) is 9.78. The molecular formula is C31H16N8O4. The Bertz CT molecular complexity index is 2410. The first-order chi connectivity index (χ1) is 21.3. The van der Waals surface area contributed by atoms with Crippen molar-refractivity contribution in [1.29, 1.82) is 0 Å². The number of benzene rings is 5. The molecule has 0 bridgehead atoms. The highest BCUT2D eigenvalue weighted by molar-refractivity contribution is 6.08. The number of nitrogens with zero attached hydrogens (tertiary/aromatic N) is 8. The monoisotopic (exact) mass is 564 g/mol. The van der Waals surface area contributed by atoms with Gasteiger partial charge in [0.25, 0.3) is 0 Å². The van der Waals surface area contributed by atoms with Crippen LogP contribution in [0.5, 0.6) is 0 Å². The second kappa shape index (κ2) is 9.04. The summed E-state index contributed by atoms with van der Waals surface area (Å²) in [4.78, 5) is 6.60. The zero-order chi connectivity index (χ0) is 28.3. The fourth-order valence-electron chi connectivity index (χ4n) is 5.44. The van der Waals surface area contributed by atoms with Gasteiger partial charge < -0.3 is 9.32 Å². The molecule has 0 radical (unpaired) electrons. The van der Waals surface area contributed by atoms with Crippen LogP contribution in [0.3, 0.4) is 0 Å². The summed E-state index contributed by atoms with van der Waals surface area (Å²) in [6.45, 7) is 0. The van der Waals surface area contributed by atoms with Crippen molar-refractivity contribution in [3.05, 3.63) is 97.1 Å². The summed E-state index contributed by atoms with van der Waals surface area (Å²) in [6.07, 6.45) is 0. The molecule has 9 rings (SSSR count). The van der Waals surface area contributed by atoms with Gasteiger partial charge in [0, 0.05) is 5.56 Å². The van der Waals surface area contributed by atoms with Crippen LogP contribution in [0.25, 0.3) is 66.8 Å². The minimum Gasteiger partial charge on any atom is -0.436 e. The maximum Gasteiger partial charge on any atom is 0.229 e. The molecular weight excluding hydrogens is 548 g/mol. The molecule has 0 aliphatic rings. The number of para-hydroxylation sites is 2. The summed E-state index contributed by atoms with van der Waals surface area (Å²) < 4.78 is 21.8. The van der Waals surface area contributed by atoms with Gasteiger partial charge >= 0.3 is 0 Å². The Kier molecular flexibility index (Phi) is 4.90. The summed E-state index contributed by atoms with van der Waals surface area (Å²) in [6, 6.07) is 30.8. The lowest BCUT2D eigenvalue weighted by Gasteiger charge is -2.25. The van der Waals surface area contributed by atoms with Crippen molar-refractivity contribution < 1.29 is 18.3 Å². The van der Waals surface area contributed by atoms with Gasteiger partial charge in [0.15, 0.2) is 22.1 Å². The molecule has 9 aromatic rings. The molecule has 12 nitrogen and oxygen atoms in total. The average Bonchev–Trinajstić information content (AvgIpc) is 3.87. The Balaban J connectivity index is 1.30. The summed E-state index contributed by atoms with van der Waals surface area (Å²) in [5, 5.41) is 25.4. The quantitative estimate of drug-likeness (QED) is 0.207. The summed E-state index contributed by atoms with van der Waals surface area (Å²) >= 11 is 0. The lowest BCUT2D eigenvalue weighted by Crippen LogP contribution is -2.12. The van der Waals surface area contributed by atoms with E-state index < -0.39 is 0 Å². The van der Waals surface area contributed by atoms with Crippen LogP contribution >= 0.6 is 0 Å². The first-order valence-corrected chi connectivity index (χ1v) is 13.3. The number of rotatable bonds is 5. The molecule has 5 aromatic carbocycles. The van der Waals surface area contributed by atoms with Crippen LogP contribution < -0.4 is 4.90 Å². The van der Waals surface area contributed by atoms with Crippen LogP contribution in [0.4, 0.5) is 17.1 Å². The van der Waals surface area contributed by atoms with Gasteiger partial charge in [-0.25, -0.2) is 18.9 Å². The van der Waals surface area contributed by atoms with Crippen LogP contribution in [-0.4, -0.2) is 35.9 Å². The van der Waals surface area contributed by atoms with E-state index in [4.69, 9.17) is 18.3 Å². The average molecular weight is 565 g/mol. The number of oxazole rings is 1. The predicted octanol–water partition coefficient (Wildman–Crippen LogP) is 7.24. The van der Waals surface area contributed by atoms with E-state index in [2.05, 4.69) is 35.9 Å². The topological polar surface area (TPSA) is 146 Å². The number of hydrogen-bond donors (Lipinski definition) is 0. The normalized spacial score (nSPS) is 11.7. The van der Waals surface area contributed by atoms with Gasteiger partial charge in [-0.05, 0) is 85.0 Å². The molecule has 0 fully saturated rings. The molecule has 0 saturated heterocycles. The zero-order valence-corrected chi connectivity index (χ0v) is 21.9. The molecule has 0 aliphatic heterocycles. The molecule has 0 N–H and O–H groups in total. The highest BCUT2D eigenvalue weighted by Crippen LogP contribution is 2.45. The molecule has 0 spiro atoms. The van der Waals surface area contributed by atoms with Crippen molar-refractivity contribution in [3.8, 4) is 22.6 Å². The third kappa shape index (κ3) is 3.53. The van der Waals surface area contributed by atoms with Crippen LogP contribution in [0.15, 0.2) is 115 Å². The Morgan fingerprint density at radius 3 is 1.84 bits per heavy atom. The standard InChI is InChI=1S/C31H16N8O4/c1-2-7-17(8-3-1)18-13-15-23(29-26(18)34-42-37-29)39(22-11-6-10-21-28(22)36-41-33-21)24-16-14-19(27-30(24)38-43-35-27)31-32-20-9-4-5-12-25(20)40-31/h1-16H. The predicted molar refractivity (Wildman–Crippen MR) is 156 cm³/mol. The Morgan fingerprint density at radius 1 is 0.442 bits per heavy atom. The molecule has 0 unspecified atom stereocenters. The van der Waals surface area contributed by atoms with Crippen molar-refractivity contribution in [2.45, 2.75) is 0 Å². The van der Waals surface area contributed by atoms with Gasteiger partial charge in [-0.3, -0.25) is 0 Å². The highest BCUT2D eigenvalue weighted by atomic mass is 16.6. The zero-order valence-electron chi connectivity index (χ0n) is 21.9. The lowest BCUT2D eigenvalue weighted by atomic mass is 10.0. The third-order valence-electron chi connectivity index (χ3n) is 7.38. The molecule has 43 heavy (non-hydrogen) atoms. The van der Waals surface area contributed by atoms with Gasteiger partial charge in [-0.15, -0.1) is 0 Å². The van der Waals surface area contributed by atoms with E-state index in [9.17, 15) is 0 Å². The maximum absolute atomic E-state index is 6.06. The Morgan fingerprint density at radius 2 is 1.05 bits per heavy atom.